The van der Waals surface area contributed by atoms with Crippen molar-refractivity contribution in [1.82, 2.24) is 9.97 Å². The second-order valence-electron chi connectivity index (χ2n) is 5.95. The fraction of sp³-hybridized carbons (Fsp3) is 0.412. The van der Waals surface area contributed by atoms with E-state index in [-0.39, 0.29) is 11.9 Å². The summed E-state index contributed by atoms with van der Waals surface area (Å²) >= 11 is 0. The molecule has 6 nitrogen and oxygen atoms in total. The van der Waals surface area contributed by atoms with E-state index in [0.717, 1.165) is 6.07 Å². The molecule has 0 amide bonds. The molecular formula is C17H19F2N3O3. The molecule has 0 radical (unpaired) electrons. The number of rotatable bonds is 6. The summed E-state index contributed by atoms with van der Waals surface area (Å²) in [5.41, 5.74) is 0.295. The minimum Gasteiger partial charge on any atom is -0.481 e. The van der Waals surface area contributed by atoms with E-state index in [9.17, 15) is 13.9 Å². The summed E-state index contributed by atoms with van der Waals surface area (Å²) in [6, 6.07) is 4.44. The van der Waals surface area contributed by atoms with E-state index in [4.69, 9.17) is 9.47 Å². The van der Waals surface area contributed by atoms with Crippen LogP contribution in [0.1, 0.15) is 24.4 Å². The van der Waals surface area contributed by atoms with Crippen molar-refractivity contribution in [1.29, 1.82) is 0 Å². The van der Waals surface area contributed by atoms with Gasteiger partial charge in [0.05, 0.1) is 32.4 Å². The molecule has 0 unspecified atom stereocenters. The van der Waals surface area contributed by atoms with E-state index in [0.29, 0.717) is 30.2 Å². The highest BCUT2D eigenvalue weighted by Gasteiger charge is 2.36. The number of anilines is 1. The van der Waals surface area contributed by atoms with Crippen molar-refractivity contribution in [3.05, 3.63) is 41.5 Å². The van der Waals surface area contributed by atoms with Gasteiger partial charge in [-0.15, -0.1) is 0 Å². The predicted octanol–water partition coefficient (Wildman–Crippen LogP) is 2.70. The van der Waals surface area contributed by atoms with Crippen molar-refractivity contribution in [3.63, 3.8) is 0 Å². The number of aromatic nitrogens is 2. The molecule has 1 aliphatic carbocycles. The molecule has 0 bridgehead atoms. The van der Waals surface area contributed by atoms with Gasteiger partial charge in [-0.1, -0.05) is 6.07 Å². The van der Waals surface area contributed by atoms with Crippen LogP contribution in [0.2, 0.25) is 0 Å². The average Bonchev–Trinajstić information content (AvgIpc) is 2.57. The van der Waals surface area contributed by atoms with Crippen molar-refractivity contribution in [2.75, 3.05) is 19.5 Å². The topological polar surface area (TPSA) is 76.5 Å². The Morgan fingerprint density at radius 3 is 2.28 bits per heavy atom. The Labute approximate surface area is 143 Å². The highest BCUT2D eigenvalue weighted by atomic mass is 19.1. The number of nitrogens with one attached hydrogen (secondary N) is 1. The Bertz CT molecular complexity index is 732. The first-order valence-corrected chi connectivity index (χ1v) is 7.86. The van der Waals surface area contributed by atoms with Crippen LogP contribution in [-0.4, -0.2) is 35.4 Å². The van der Waals surface area contributed by atoms with Gasteiger partial charge in [-0.05, 0) is 24.8 Å². The van der Waals surface area contributed by atoms with Crippen LogP contribution in [0, 0.1) is 17.6 Å². The number of methoxy groups -OCH3 is 2. The first kappa shape index (κ1) is 17.3. The number of nitrogens with zero attached hydrogens (tertiary/aromatic N) is 2. The Balaban J connectivity index is 1.93. The average molecular weight is 351 g/mol. The lowest BCUT2D eigenvalue weighted by molar-refractivity contribution is 0.0333. The normalized spacial score (nSPS) is 20.5. The molecule has 1 aromatic carbocycles. The number of halogens is 2. The number of benzene rings is 1. The lowest BCUT2D eigenvalue weighted by atomic mass is 9.75. The fourth-order valence-electron chi connectivity index (χ4n) is 2.92. The Hall–Kier alpha value is -2.48. The van der Waals surface area contributed by atoms with E-state index in [1.165, 1.54) is 32.4 Å². The Morgan fingerprint density at radius 1 is 1.12 bits per heavy atom. The van der Waals surface area contributed by atoms with Crippen LogP contribution in [-0.2, 0) is 0 Å². The first-order chi connectivity index (χ1) is 12.0. The third-order valence-corrected chi connectivity index (χ3v) is 4.30. The van der Waals surface area contributed by atoms with Crippen molar-refractivity contribution < 1.29 is 23.4 Å². The van der Waals surface area contributed by atoms with Gasteiger partial charge in [-0.3, -0.25) is 0 Å². The predicted molar refractivity (Wildman–Crippen MR) is 86.6 cm³/mol. The molecule has 0 saturated heterocycles. The molecule has 25 heavy (non-hydrogen) atoms. The molecule has 1 aliphatic rings. The summed E-state index contributed by atoms with van der Waals surface area (Å²) in [6.07, 6.45) is 0.601. The second-order valence-corrected chi connectivity index (χ2v) is 5.95. The van der Waals surface area contributed by atoms with Crippen LogP contribution < -0.4 is 14.8 Å². The van der Waals surface area contributed by atoms with Gasteiger partial charge in [0.2, 0.25) is 17.7 Å². The maximum Gasteiger partial charge on any atom is 0.229 e. The summed E-state index contributed by atoms with van der Waals surface area (Å²) < 4.78 is 37.7. The van der Waals surface area contributed by atoms with Crippen LogP contribution in [0.4, 0.5) is 14.7 Å². The Kier molecular flexibility index (Phi) is 4.98. The van der Waals surface area contributed by atoms with Gasteiger partial charge in [0, 0.05) is 11.6 Å². The molecule has 134 valence electrons. The van der Waals surface area contributed by atoms with Gasteiger partial charge in [0.1, 0.15) is 11.6 Å². The molecular weight excluding hydrogens is 332 g/mol. The van der Waals surface area contributed by atoms with E-state index in [2.05, 4.69) is 15.3 Å². The molecule has 2 aromatic rings. The number of hydrogen-bond donors (Lipinski definition) is 2. The highest BCUT2D eigenvalue weighted by molar-refractivity contribution is 5.38. The van der Waals surface area contributed by atoms with Gasteiger partial charge < -0.3 is 19.9 Å². The summed E-state index contributed by atoms with van der Waals surface area (Å²) in [7, 11) is 2.93. The second kappa shape index (κ2) is 7.18. The number of aliphatic hydroxyl groups is 1. The van der Waals surface area contributed by atoms with E-state index in [1.54, 1.807) is 0 Å². The van der Waals surface area contributed by atoms with Crippen LogP contribution in [0.25, 0.3) is 0 Å². The third kappa shape index (κ3) is 3.79. The molecule has 0 spiro atoms. The minimum atomic E-state index is -0.659. The highest BCUT2D eigenvalue weighted by Crippen LogP contribution is 2.40. The lowest BCUT2D eigenvalue weighted by Crippen LogP contribution is -2.36. The van der Waals surface area contributed by atoms with E-state index < -0.39 is 23.8 Å². The number of ether oxygens (including phenoxy) is 2. The Morgan fingerprint density at radius 2 is 1.76 bits per heavy atom. The maximum atomic E-state index is 14.3. The monoisotopic (exact) mass is 351 g/mol. The molecule has 1 heterocycles. The number of hydrogen-bond acceptors (Lipinski definition) is 6. The first-order valence-electron chi connectivity index (χ1n) is 7.86. The molecule has 2 N–H and O–H groups in total. The summed E-state index contributed by atoms with van der Waals surface area (Å²) in [5, 5.41) is 12.7. The van der Waals surface area contributed by atoms with Crippen LogP contribution in [0.15, 0.2) is 24.3 Å². The molecule has 1 atom stereocenters. The molecule has 1 aromatic heterocycles. The van der Waals surface area contributed by atoms with Gasteiger partial charge in [-0.25, -0.2) is 8.78 Å². The van der Waals surface area contributed by atoms with Gasteiger partial charge in [0.25, 0.3) is 0 Å². The summed E-state index contributed by atoms with van der Waals surface area (Å²) in [5.74, 6) is -0.550. The SMILES string of the molecule is COc1cc(OC)nc(N[C@@H](c2ccc(F)cc2F)C2CC(O)C2)n1. The van der Waals surface area contributed by atoms with Gasteiger partial charge >= 0.3 is 0 Å². The van der Waals surface area contributed by atoms with Crippen molar-refractivity contribution >= 4 is 5.95 Å². The zero-order valence-corrected chi connectivity index (χ0v) is 13.9. The van der Waals surface area contributed by atoms with Crippen molar-refractivity contribution in [3.8, 4) is 11.8 Å². The zero-order valence-electron chi connectivity index (χ0n) is 13.9. The molecule has 8 heteroatoms. The van der Waals surface area contributed by atoms with E-state index in [1.807, 2.05) is 0 Å². The van der Waals surface area contributed by atoms with Gasteiger partial charge in [0.15, 0.2) is 0 Å². The van der Waals surface area contributed by atoms with Crippen LogP contribution >= 0.6 is 0 Å². The number of aliphatic hydroxyl groups excluding tert-OH is 1. The molecule has 1 saturated carbocycles. The summed E-state index contributed by atoms with van der Waals surface area (Å²) in [4.78, 5) is 8.38. The van der Waals surface area contributed by atoms with Crippen LogP contribution in [0.5, 0.6) is 11.8 Å². The van der Waals surface area contributed by atoms with Crippen LogP contribution in [0.3, 0.4) is 0 Å². The molecule has 1 fully saturated rings. The zero-order chi connectivity index (χ0) is 18.0. The summed E-state index contributed by atoms with van der Waals surface area (Å²) in [6.45, 7) is 0. The third-order valence-electron chi connectivity index (χ3n) is 4.30. The van der Waals surface area contributed by atoms with Gasteiger partial charge in [-0.2, -0.15) is 9.97 Å². The standard InChI is InChI=1S/C17H19F2N3O3/c1-24-14-8-15(25-2)21-17(20-14)22-16(9-5-11(23)6-9)12-4-3-10(18)7-13(12)19/h3-4,7-9,11,16,23H,5-6H2,1-2H3,(H,20,21,22)/t9?,11?,16-/m1/s1. The van der Waals surface area contributed by atoms with E-state index >= 15 is 0 Å². The lowest BCUT2D eigenvalue weighted by Gasteiger charge is -2.38. The smallest absolute Gasteiger partial charge is 0.229 e. The van der Waals surface area contributed by atoms with Crippen molar-refractivity contribution in [2.24, 2.45) is 5.92 Å². The maximum absolute atomic E-state index is 14.3. The fourth-order valence-corrected chi connectivity index (χ4v) is 2.92. The quantitative estimate of drug-likeness (QED) is 0.833. The largest absolute Gasteiger partial charge is 0.481 e. The molecule has 0 aliphatic heterocycles. The molecule has 3 rings (SSSR count). The van der Waals surface area contributed by atoms with Crippen molar-refractivity contribution in [2.45, 2.75) is 25.0 Å². The minimum absolute atomic E-state index is 0.0317.